The van der Waals surface area contributed by atoms with E-state index in [4.69, 9.17) is 4.74 Å². The number of aryl methyl sites for hydroxylation is 1. The van der Waals surface area contributed by atoms with Crippen LogP contribution in [0, 0.1) is 20.7 Å². The van der Waals surface area contributed by atoms with Crippen molar-refractivity contribution in [1.29, 1.82) is 5.26 Å². The largest absolute Gasteiger partial charge is 0.482 e. The van der Waals surface area contributed by atoms with E-state index in [9.17, 15) is 10.1 Å². The van der Waals surface area contributed by atoms with Gasteiger partial charge in [-0.05, 0) is 35.4 Å². The van der Waals surface area contributed by atoms with Crippen LogP contribution in [0.1, 0.15) is 25.3 Å². The average Bonchev–Trinajstić information content (AvgIpc) is 3.23. The van der Waals surface area contributed by atoms with E-state index in [0.29, 0.717) is 17.9 Å². The van der Waals surface area contributed by atoms with Crippen molar-refractivity contribution in [3.8, 4) is 23.1 Å². The van der Waals surface area contributed by atoms with Gasteiger partial charge in [0.1, 0.15) is 23.1 Å². The summed E-state index contributed by atoms with van der Waals surface area (Å²) in [5.74, 6) is -0.477. The van der Waals surface area contributed by atoms with Crippen molar-refractivity contribution in [2.45, 2.75) is 25.4 Å². The van der Waals surface area contributed by atoms with Crippen LogP contribution in [0.5, 0.6) is 5.75 Å². The number of carbonyl (C=O) groups excluding carboxylic acids is 1. The van der Waals surface area contributed by atoms with Crippen molar-refractivity contribution in [3.05, 3.63) is 27.2 Å². The Morgan fingerprint density at radius 2 is 2.24 bits per heavy atom. The molecule has 0 N–H and O–H groups in total. The Morgan fingerprint density at radius 1 is 1.52 bits per heavy atom. The van der Waals surface area contributed by atoms with E-state index in [1.54, 1.807) is 13.2 Å². The van der Waals surface area contributed by atoms with Crippen LogP contribution >= 0.6 is 22.6 Å². The topological polar surface area (TPSA) is 71.2 Å². The minimum Gasteiger partial charge on any atom is -0.482 e. The minimum atomic E-state index is -0.571. The Hall–Kier alpha value is -2.15. The SMILES string of the molecule is CC(=O)N1CC2(CC2)Oc2c1cc(F)c(-c1c(I)cnn1C)c2C#N. The molecule has 0 bridgehead atoms. The summed E-state index contributed by atoms with van der Waals surface area (Å²) in [4.78, 5) is 13.6. The molecule has 0 radical (unpaired) electrons. The summed E-state index contributed by atoms with van der Waals surface area (Å²) in [7, 11) is 1.70. The lowest BCUT2D eigenvalue weighted by atomic mass is 9.99. The summed E-state index contributed by atoms with van der Waals surface area (Å²) in [6, 6.07) is 3.37. The second-order valence-corrected chi connectivity index (χ2v) is 7.59. The second kappa shape index (κ2) is 5.42. The number of anilines is 1. The lowest BCUT2D eigenvalue weighted by Gasteiger charge is -2.35. The number of rotatable bonds is 1. The zero-order valence-corrected chi connectivity index (χ0v) is 15.8. The molecule has 1 aromatic carbocycles. The zero-order valence-electron chi connectivity index (χ0n) is 13.6. The molecule has 0 unspecified atom stereocenters. The molecule has 1 saturated carbocycles. The van der Waals surface area contributed by atoms with Crippen molar-refractivity contribution in [2.75, 3.05) is 11.4 Å². The molecule has 4 rings (SSSR count). The molecule has 6 nitrogen and oxygen atoms in total. The molecule has 2 heterocycles. The number of nitriles is 1. The second-order valence-electron chi connectivity index (χ2n) is 6.42. The Balaban J connectivity index is 2.02. The molecule has 2 aromatic rings. The van der Waals surface area contributed by atoms with Gasteiger partial charge < -0.3 is 9.64 Å². The zero-order chi connectivity index (χ0) is 17.9. The highest BCUT2D eigenvalue weighted by Gasteiger charge is 2.52. The maximum absolute atomic E-state index is 15.0. The summed E-state index contributed by atoms with van der Waals surface area (Å²) in [5, 5.41) is 13.9. The summed E-state index contributed by atoms with van der Waals surface area (Å²) in [5.41, 5.74) is 0.658. The van der Waals surface area contributed by atoms with E-state index in [2.05, 4.69) is 33.8 Å². The van der Waals surface area contributed by atoms with Gasteiger partial charge in [-0.25, -0.2) is 4.39 Å². The Labute approximate surface area is 157 Å². The normalized spacial score (nSPS) is 17.0. The standard InChI is InChI=1S/C17H14FIN4O2/c1-9(24)23-8-17(3-4-17)25-16-10(6-20)14(11(18)5-13(16)23)15-12(19)7-21-22(15)2/h5,7H,3-4,8H2,1-2H3. The van der Waals surface area contributed by atoms with Crippen molar-refractivity contribution in [2.24, 2.45) is 7.05 Å². The third kappa shape index (κ3) is 2.40. The number of aromatic nitrogens is 2. The molecule has 1 amide bonds. The van der Waals surface area contributed by atoms with Gasteiger partial charge in [0.2, 0.25) is 5.91 Å². The van der Waals surface area contributed by atoms with Crippen molar-refractivity contribution in [1.82, 2.24) is 9.78 Å². The van der Waals surface area contributed by atoms with Gasteiger partial charge in [0, 0.05) is 20.0 Å². The number of hydrogen-bond donors (Lipinski definition) is 0. The number of ether oxygens (including phenoxy) is 1. The number of benzene rings is 1. The fourth-order valence-electron chi connectivity index (χ4n) is 3.26. The highest BCUT2D eigenvalue weighted by Crippen LogP contribution is 2.52. The molecule has 1 aliphatic carbocycles. The number of hydrogen-bond acceptors (Lipinski definition) is 4. The van der Waals surface area contributed by atoms with Crippen LogP contribution < -0.4 is 9.64 Å². The summed E-state index contributed by atoms with van der Waals surface area (Å²) in [6.07, 6.45) is 3.25. The fraction of sp³-hybridized carbons (Fsp3) is 0.353. The Morgan fingerprint density at radius 3 is 2.76 bits per heavy atom. The maximum Gasteiger partial charge on any atom is 0.224 e. The van der Waals surface area contributed by atoms with Gasteiger partial charge in [0.15, 0.2) is 5.75 Å². The van der Waals surface area contributed by atoms with Crippen molar-refractivity contribution >= 4 is 34.2 Å². The van der Waals surface area contributed by atoms with Crippen LogP contribution in [-0.4, -0.2) is 27.8 Å². The van der Waals surface area contributed by atoms with Crippen molar-refractivity contribution in [3.63, 3.8) is 0 Å². The molecule has 25 heavy (non-hydrogen) atoms. The molecule has 1 spiro atoms. The van der Waals surface area contributed by atoms with Crippen LogP contribution in [0.15, 0.2) is 12.3 Å². The number of fused-ring (bicyclic) bond motifs is 1. The quantitative estimate of drug-likeness (QED) is 0.624. The fourth-order valence-corrected chi connectivity index (χ4v) is 4.00. The lowest BCUT2D eigenvalue weighted by molar-refractivity contribution is -0.117. The molecule has 1 fully saturated rings. The van der Waals surface area contributed by atoms with Gasteiger partial charge in [-0.3, -0.25) is 9.48 Å². The van der Waals surface area contributed by atoms with Crippen molar-refractivity contribution < 1.29 is 13.9 Å². The Kier molecular flexibility index (Phi) is 3.54. The van der Waals surface area contributed by atoms with E-state index in [-0.39, 0.29) is 22.8 Å². The van der Waals surface area contributed by atoms with Gasteiger partial charge in [-0.1, -0.05) is 0 Å². The first-order valence-electron chi connectivity index (χ1n) is 7.78. The monoisotopic (exact) mass is 452 g/mol. The molecule has 0 atom stereocenters. The lowest BCUT2D eigenvalue weighted by Crippen LogP contribution is -2.44. The van der Waals surface area contributed by atoms with Gasteiger partial charge in [0.25, 0.3) is 0 Å². The molecule has 8 heteroatoms. The summed E-state index contributed by atoms with van der Waals surface area (Å²) >= 11 is 2.06. The van der Waals surface area contributed by atoms with Crippen LogP contribution in [-0.2, 0) is 11.8 Å². The van der Waals surface area contributed by atoms with Crippen LogP contribution in [0.3, 0.4) is 0 Å². The molecule has 128 valence electrons. The number of nitrogens with zero attached hydrogens (tertiary/aromatic N) is 4. The van der Waals surface area contributed by atoms with Gasteiger partial charge in [-0.15, -0.1) is 0 Å². The van der Waals surface area contributed by atoms with Gasteiger partial charge in [0.05, 0.1) is 33.3 Å². The molecule has 2 aliphatic rings. The predicted molar refractivity (Wildman–Crippen MR) is 96.7 cm³/mol. The highest BCUT2D eigenvalue weighted by atomic mass is 127. The molecule has 1 aliphatic heterocycles. The van der Waals surface area contributed by atoms with E-state index in [1.165, 1.54) is 22.6 Å². The van der Waals surface area contributed by atoms with E-state index in [1.807, 2.05) is 0 Å². The maximum atomic E-state index is 15.0. The smallest absolute Gasteiger partial charge is 0.224 e. The third-order valence-electron chi connectivity index (χ3n) is 4.70. The summed E-state index contributed by atoms with van der Waals surface area (Å²) < 4.78 is 23.4. The highest BCUT2D eigenvalue weighted by molar-refractivity contribution is 14.1. The van der Waals surface area contributed by atoms with Gasteiger partial charge in [-0.2, -0.15) is 10.4 Å². The van der Waals surface area contributed by atoms with E-state index < -0.39 is 11.4 Å². The molecule has 1 aromatic heterocycles. The van der Waals surface area contributed by atoms with Crippen LogP contribution in [0.4, 0.5) is 10.1 Å². The Bertz CT molecular complexity index is 939. The van der Waals surface area contributed by atoms with E-state index in [0.717, 1.165) is 16.4 Å². The number of carbonyl (C=O) groups is 1. The predicted octanol–water partition coefficient (Wildman–Crippen LogP) is 2.98. The number of amides is 1. The van der Waals surface area contributed by atoms with Crippen LogP contribution in [0.2, 0.25) is 0 Å². The van der Waals surface area contributed by atoms with Crippen LogP contribution in [0.25, 0.3) is 11.3 Å². The molecular weight excluding hydrogens is 438 g/mol. The van der Waals surface area contributed by atoms with Gasteiger partial charge >= 0.3 is 0 Å². The molecule has 0 saturated heterocycles. The number of halogens is 2. The summed E-state index contributed by atoms with van der Waals surface area (Å²) in [6.45, 7) is 1.83. The third-order valence-corrected chi connectivity index (χ3v) is 5.49. The first-order valence-corrected chi connectivity index (χ1v) is 8.86. The first-order chi connectivity index (χ1) is 11.9. The van der Waals surface area contributed by atoms with E-state index >= 15 is 4.39 Å². The first kappa shape index (κ1) is 16.3. The average molecular weight is 452 g/mol. The molecular formula is C17H14FIN4O2. The minimum absolute atomic E-state index is 0.105.